The minimum Gasteiger partial charge on any atom is -0.383 e. The van der Waals surface area contributed by atoms with E-state index in [1.165, 1.54) is 19.2 Å². The van der Waals surface area contributed by atoms with Crippen molar-refractivity contribution >= 4 is 17.3 Å². The molecule has 5 nitrogen and oxygen atoms in total. The highest BCUT2D eigenvalue weighted by atomic mass is 19.4. The molecule has 1 saturated heterocycles. The van der Waals surface area contributed by atoms with Crippen molar-refractivity contribution in [1.82, 2.24) is 5.32 Å². The lowest BCUT2D eigenvalue weighted by Crippen LogP contribution is -2.61. The SMILES string of the molecule is COCCNC(=O)C1Cc2cc(C(F)(F)F)ccc2N2CCN(c3ccccc3F)CC12. The van der Waals surface area contributed by atoms with Gasteiger partial charge in [0, 0.05) is 39.0 Å². The van der Waals surface area contributed by atoms with Crippen LogP contribution >= 0.6 is 0 Å². The first kappa shape index (κ1) is 22.4. The summed E-state index contributed by atoms with van der Waals surface area (Å²) in [6, 6.07) is 9.89. The van der Waals surface area contributed by atoms with E-state index in [-0.39, 0.29) is 24.2 Å². The van der Waals surface area contributed by atoms with Crippen molar-refractivity contribution in [2.75, 3.05) is 49.7 Å². The van der Waals surface area contributed by atoms with Gasteiger partial charge in [-0.1, -0.05) is 12.1 Å². The van der Waals surface area contributed by atoms with Crippen molar-refractivity contribution in [3.63, 3.8) is 0 Å². The largest absolute Gasteiger partial charge is 0.416 e. The molecular formula is C23H25F4N3O2. The van der Waals surface area contributed by atoms with Gasteiger partial charge in [0.25, 0.3) is 0 Å². The van der Waals surface area contributed by atoms with E-state index < -0.39 is 17.7 Å². The van der Waals surface area contributed by atoms with Crippen LogP contribution in [0.4, 0.5) is 28.9 Å². The van der Waals surface area contributed by atoms with Crippen LogP contribution in [0.25, 0.3) is 0 Å². The maximum atomic E-state index is 14.4. The Hall–Kier alpha value is -2.81. The summed E-state index contributed by atoms with van der Waals surface area (Å²) in [5.74, 6) is -1.15. The predicted octanol–water partition coefficient (Wildman–Crippen LogP) is 3.47. The Morgan fingerprint density at radius 3 is 2.66 bits per heavy atom. The van der Waals surface area contributed by atoms with Crippen LogP contribution in [0.2, 0.25) is 0 Å². The number of carbonyl (C=O) groups is 1. The van der Waals surface area contributed by atoms with Crippen molar-refractivity contribution in [3.05, 3.63) is 59.4 Å². The fourth-order valence-corrected chi connectivity index (χ4v) is 4.63. The number of fused-ring (bicyclic) bond motifs is 3. The van der Waals surface area contributed by atoms with Crippen LogP contribution in [0.1, 0.15) is 11.1 Å². The maximum absolute atomic E-state index is 14.4. The highest BCUT2D eigenvalue weighted by molar-refractivity contribution is 5.82. The third-order valence-corrected chi connectivity index (χ3v) is 6.17. The maximum Gasteiger partial charge on any atom is 0.416 e. The van der Waals surface area contributed by atoms with Gasteiger partial charge in [-0.15, -0.1) is 0 Å². The topological polar surface area (TPSA) is 44.8 Å². The Morgan fingerprint density at radius 2 is 1.94 bits per heavy atom. The molecule has 2 aliphatic heterocycles. The summed E-state index contributed by atoms with van der Waals surface area (Å²) in [5.41, 5.74) is 0.946. The van der Waals surface area contributed by atoms with E-state index in [1.807, 2.05) is 9.80 Å². The smallest absolute Gasteiger partial charge is 0.383 e. The van der Waals surface area contributed by atoms with Gasteiger partial charge in [0.2, 0.25) is 5.91 Å². The molecule has 0 radical (unpaired) electrons. The number of hydrogen-bond donors (Lipinski definition) is 1. The number of anilines is 2. The predicted molar refractivity (Wildman–Crippen MR) is 113 cm³/mol. The average Bonchev–Trinajstić information content (AvgIpc) is 2.77. The summed E-state index contributed by atoms with van der Waals surface area (Å²) < 4.78 is 59.2. The first-order chi connectivity index (χ1) is 15.3. The van der Waals surface area contributed by atoms with Crippen LogP contribution in [-0.2, 0) is 22.1 Å². The summed E-state index contributed by atoms with van der Waals surface area (Å²) in [5, 5.41) is 2.82. The van der Waals surface area contributed by atoms with Crippen molar-refractivity contribution in [1.29, 1.82) is 0 Å². The summed E-state index contributed by atoms with van der Waals surface area (Å²) >= 11 is 0. The van der Waals surface area contributed by atoms with E-state index in [4.69, 9.17) is 4.74 Å². The van der Waals surface area contributed by atoms with Crippen molar-refractivity contribution in [3.8, 4) is 0 Å². The van der Waals surface area contributed by atoms with Gasteiger partial charge in [-0.05, 0) is 42.3 Å². The number of benzene rings is 2. The Morgan fingerprint density at radius 1 is 1.16 bits per heavy atom. The van der Waals surface area contributed by atoms with Gasteiger partial charge >= 0.3 is 6.18 Å². The molecule has 2 atom stereocenters. The van der Waals surface area contributed by atoms with E-state index in [0.717, 1.165) is 12.1 Å². The normalized spacial score (nSPS) is 20.5. The van der Waals surface area contributed by atoms with Crippen LogP contribution in [0.3, 0.4) is 0 Å². The number of halogens is 4. The fraction of sp³-hybridized carbons (Fsp3) is 0.435. The molecule has 2 heterocycles. The first-order valence-electron chi connectivity index (χ1n) is 10.5. The van der Waals surface area contributed by atoms with Gasteiger partial charge < -0.3 is 19.9 Å². The van der Waals surface area contributed by atoms with Crippen LogP contribution in [0.15, 0.2) is 42.5 Å². The minimum atomic E-state index is -4.45. The highest BCUT2D eigenvalue weighted by Gasteiger charge is 2.43. The summed E-state index contributed by atoms with van der Waals surface area (Å²) in [7, 11) is 1.52. The number of para-hydroxylation sites is 1. The van der Waals surface area contributed by atoms with E-state index in [0.29, 0.717) is 49.7 Å². The minimum absolute atomic E-state index is 0.185. The molecular weight excluding hydrogens is 426 g/mol. The molecule has 1 fully saturated rings. The molecule has 0 bridgehead atoms. The molecule has 172 valence electrons. The van der Waals surface area contributed by atoms with Crippen molar-refractivity contribution in [2.24, 2.45) is 5.92 Å². The van der Waals surface area contributed by atoms with Gasteiger partial charge in [0.05, 0.1) is 29.8 Å². The van der Waals surface area contributed by atoms with Crippen LogP contribution in [-0.4, -0.2) is 51.8 Å². The Balaban J connectivity index is 1.66. The van der Waals surface area contributed by atoms with Crippen LogP contribution < -0.4 is 15.1 Å². The fourth-order valence-electron chi connectivity index (χ4n) is 4.63. The summed E-state index contributed by atoms with van der Waals surface area (Å²) in [6.07, 6.45) is -4.27. The summed E-state index contributed by atoms with van der Waals surface area (Å²) in [6.45, 7) is 2.01. The second kappa shape index (κ2) is 8.97. The standard InChI is InChI=1S/C23H25F4N3O2/c1-32-11-8-28-22(31)17-13-15-12-16(23(25,26)27)6-7-19(15)30-10-9-29(14-21(17)30)20-5-3-2-4-18(20)24/h2-7,12,17,21H,8-11,13-14H2,1H3,(H,28,31). The van der Waals surface area contributed by atoms with Gasteiger partial charge in [-0.3, -0.25) is 4.79 Å². The second-order valence-electron chi connectivity index (χ2n) is 8.09. The van der Waals surface area contributed by atoms with Gasteiger partial charge in [-0.25, -0.2) is 4.39 Å². The number of piperazine rings is 1. The van der Waals surface area contributed by atoms with E-state index in [2.05, 4.69) is 5.32 Å². The van der Waals surface area contributed by atoms with Crippen LogP contribution in [0.5, 0.6) is 0 Å². The zero-order valence-electron chi connectivity index (χ0n) is 17.7. The van der Waals surface area contributed by atoms with Crippen molar-refractivity contribution in [2.45, 2.75) is 18.6 Å². The number of nitrogens with zero attached hydrogens (tertiary/aromatic N) is 2. The Bertz CT molecular complexity index is 982. The first-order valence-corrected chi connectivity index (χ1v) is 10.5. The number of amides is 1. The highest BCUT2D eigenvalue weighted by Crippen LogP contribution is 2.40. The quantitative estimate of drug-likeness (QED) is 0.559. The van der Waals surface area contributed by atoms with Gasteiger partial charge in [0.15, 0.2) is 0 Å². The van der Waals surface area contributed by atoms with E-state index in [9.17, 15) is 22.4 Å². The lowest BCUT2D eigenvalue weighted by atomic mass is 9.82. The molecule has 2 aromatic carbocycles. The number of carbonyl (C=O) groups excluding carboxylic acids is 1. The van der Waals surface area contributed by atoms with Crippen molar-refractivity contribution < 1.29 is 27.1 Å². The average molecular weight is 451 g/mol. The van der Waals surface area contributed by atoms with E-state index in [1.54, 1.807) is 18.2 Å². The van der Waals surface area contributed by atoms with E-state index >= 15 is 0 Å². The van der Waals surface area contributed by atoms with Gasteiger partial charge in [0.1, 0.15) is 5.82 Å². The molecule has 0 aromatic heterocycles. The molecule has 32 heavy (non-hydrogen) atoms. The molecule has 4 rings (SSSR count). The zero-order valence-corrected chi connectivity index (χ0v) is 17.7. The second-order valence-corrected chi connectivity index (χ2v) is 8.09. The molecule has 2 aliphatic rings. The lowest BCUT2D eigenvalue weighted by Gasteiger charge is -2.49. The molecule has 9 heteroatoms. The molecule has 0 aliphatic carbocycles. The molecule has 0 spiro atoms. The summed E-state index contributed by atoms with van der Waals surface area (Å²) in [4.78, 5) is 16.9. The number of methoxy groups -OCH3 is 1. The number of hydrogen-bond acceptors (Lipinski definition) is 4. The molecule has 2 aromatic rings. The molecule has 2 unspecified atom stereocenters. The third-order valence-electron chi connectivity index (χ3n) is 6.17. The van der Waals surface area contributed by atoms with Gasteiger partial charge in [-0.2, -0.15) is 13.2 Å². The monoisotopic (exact) mass is 451 g/mol. The third kappa shape index (κ3) is 4.39. The number of nitrogens with one attached hydrogen (secondary N) is 1. The molecule has 0 saturated carbocycles. The Kier molecular flexibility index (Phi) is 6.28. The molecule has 1 amide bonds. The number of alkyl halides is 3. The molecule has 1 N–H and O–H groups in total. The Labute approximate surface area is 183 Å². The number of rotatable bonds is 5. The zero-order chi connectivity index (χ0) is 22.9. The van der Waals surface area contributed by atoms with Crippen LogP contribution in [0, 0.1) is 11.7 Å². The lowest BCUT2D eigenvalue weighted by molar-refractivity contribution is -0.137. The number of ether oxygens (including phenoxy) is 1.